The molecule has 0 aromatic heterocycles. The number of fused-ring (bicyclic) bond motifs is 1. The van der Waals surface area contributed by atoms with Crippen molar-refractivity contribution in [3.05, 3.63) is 58.1 Å². The van der Waals surface area contributed by atoms with Crippen LogP contribution in [0.4, 0.5) is 0 Å². The molecular weight excluding hydrogens is 351 g/mol. The summed E-state index contributed by atoms with van der Waals surface area (Å²) in [6.45, 7) is 1.85. The maximum absolute atomic E-state index is 12.2. The Balaban J connectivity index is 1.68. The van der Waals surface area contributed by atoms with Crippen LogP contribution in [0, 0.1) is 0 Å². The summed E-state index contributed by atoms with van der Waals surface area (Å²) in [5.41, 5.74) is 3.65. The maximum Gasteiger partial charge on any atom is 0.284 e. The normalized spacial score (nSPS) is 16.6. The zero-order chi connectivity index (χ0) is 17.1. The summed E-state index contributed by atoms with van der Waals surface area (Å²) in [6, 6.07) is 12.2. The number of hydrazone groups is 1. The molecule has 1 atom stereocenters. The predicted octanol–water partition coefficient (Wildman–Crippen LogP) is 3.67. The Morgan fingerprint density at radius 2 is 1.96 bits per heavy atom. The van der Waals surface area contributed by atoms with Gasteiger partial charge >= 0.3 is 0 Å². The van der Waals surface area contributed by atoms with Gasteiger partial charge in [0.25, 0.3) is 5.91 Å². The monoisotopic (exact) mass is 364 g/mol. The van der Waals surface area contributed by atoms with Crippen molar-refractivity contribution in [3.8, 4) is 11.5 Å². The van der Waals surface area contributed by atoms with E-state index in [0.717, 1.165) is 0 Å². The van der Waals surface area contributed by atoms with Crippen LogP contribution >= 0.6 is 23.2 Å². The average Bonchev–Trinajstić information content (AvgIpc) is 2.61. The van der Waals surface area contributed by atoms with Crippen molar-refractivity contribution in [2.45, 2.75) is 13.0 Å². The van der Waals surface area contributed by atoms with Gasteiger partial charge in [-0.25, -0.2) is 5.43 Å². The van der Waals surface area contributed by atoms with Crippen LogP contribution in [0.5, 0.6) is 11.5 Å². The van der Waals surface area contributed by atoms with E-state index in [1.165, 1.54) is 0 Å². The molecule has 0 fully saturated rings. The molecule has 3 rings (SSSR count). The number of ether oxygens (including phenoxy) is 2. The van der Waals surface area contributed by atoms with Gasteiger partial charge < -0.3 is 9.47 Å². The quantitative estimate of drug-likeness (QED) is 0.667. The van der Waals surface area contributed by atoms with Crippen LogP contribution in [0.1, 0.15) is 12.5 Å². The van der Waals surface area contributed by atoms with E-state index in [1.807, 2.05) is 12.1 Å². The second kappa shape index (κ2) is 7.11. The Morgan fingerprint density at radius 1 is 1.21 bits per heavy atom. The Labute approximate surface area is 149 Å². The van der Waals surface area contributed by atoms with E-state index in [4.69, 9.17) is 32.7 Å². The molecule has 0 spiro atoms. The molecule has 1 aliphatic heterocycles. The lowest BCUT2D eigenvalue weighted by molar-refractivity contribution is -0.130. The number of nitrogens with one attached hydrogen (secondary N) is 1. The molecule has 1 unspecified atom stereocenters. The third-order valence-corrected chi connectivity index (χ3v) is 4.02. The fourth-order valence-electron chi connectivity index (χ4n) is 2.19. The number of hydrogen-bond acceptors (Lipinski definition) is 4. The Morgan fingerprint density at radius 3 is 2.75 bits per heavy atom. The highest BCUT2D eigenvalue weighted by Crippen LogP contribution is 2.30. The summed E-state index contributed by atoms with van der Waals surface area (Å²) >= 11 is 12.1. The molecule has 7 heteroatoms. The molecular formula is C17H14Cl2N2O3. The Bertz CT molecular complexity index is 808. The van der Waals surface area contributed by atoms with Crippen LogP contribution in [-0.2, 0) is 4.79 Å². The highest BCUT2D eigenvalue weighted by atomic mass is 35.5. The summed E-state index contributed by atoms with van der Waals surface area (Å²) in [5.74, 6) is 0.747. The summed E-state index contributed by atoms with van der Waals surface area (Å²) in [4.78, 5) is 12.2. The number of benzene rings is 2. The van der Waals surface area contributed by atoms with Crippen molar-refractivity contribution in [2.75, 3.05) is 6.61 Å². The fraction of sp³-hybridized carbons (Fsp3) is 0.176. The molecule has 1 N–H and O–H groups in total. The second-order valence-corrected chi connectivity index (χ2v) is 6.01. The molecule has 2 aromatic carbocycles. The van der Waals surface area contributed by atoms with Crippen molar-refractivity contribution in [3.63, 3.8) is 0 Å². The number of hydrogen-bond donors (Lipinski definition) is 1. The lowest BCUT2D eigenvalue weighted by atomic mass is 10.1. The highest BCUT2D eigenvalue weighted by molar-refractivity contribution is 6.36. The first kappa shape index (κ1) is 16.6. The van der Waals surface area contributed by atoms with Gasteiger partial charge in [0.2, 0.25) is 6.10 Å². The molecule has 24 heavy (non-hydrogen) atoms. The molecule has 0 saturated carbocycles. The van der Waals surface area contributed by atoms with E-state index < -0.39 is 12.0 Å². The number of halogens is 2. The topological polar surface area (TPSA) is 59.9 Å². The van der Waals surface area contributed by atoms with Crippen molar-refractivity contribution in [1.29, 1.82) is 0 Å². The number of nitrogens with zero attached hydrogens (tertiary/aromatic N) is 1. The Hall–Kier alpha value is -2.24. The van der Waals surface area contributed by atoms with Gasteiger partial charge in [0, 0.05) is 15.6 Å². The van der Waals surface area contributed by atoms with E-state index in [9.17, 15) is 4.79 Å². The van der Waals surface area contributed by atoms with E-state index in [1.54, 1.807) is 37.3 Å². The number of amides is 1. The first-order valence-corrected chi connectivity index (χ1v) is 7.98. The van der Waals surface area contributed by atoms with Crippen LogP contribution in [0.25, 0.3) is 0 Å². The minimum atomic E-state index is -0.772. The van der Waals surface area contributed by atoms with Gasteiger partial charge in [-0.3, -0.25) is 4.79 Å². The summed E-state index contributed by atoms with van der Waals surface area (Å²) in [5, 5.41) is 5.10. The van der Waals surface area contributed by atoms with Gasteiger partial charge in [0.05, 0.1) is 5.71 Å². The number of para-hydroxylation sites is 2. The predicted molar refractivity (Wildman–Crippen MR) is 93.2 cm³/mol. The number of carbonyl (C=O) groups is 1. The van der Waals surface area contributed by atoms with E-state index in [2.05, 4.69) is 10.5 Å². The summed E-state index contributed by atoms with van der Waals surface area (Å²) < 4.78 is 11.1. The molecule has 0 radical (unpaired) electrons. The smallest absolute Gasteiger partial charge is 0.284 e. The highest BCUT2D eigenvalue weighted by Gasteiger charge is 2.27. The van der Waals surface area contributed by atoms with Crippen LogP contribution in [-0.4, -0.2) is 24.3 Å². The van der Waals surface area contributed by atoms with Crippen LogP contribution in [0.15, 0.2) is 47.6 Å². The van der Waals surface area contributed by atoms with Crippen molar-refractivity contribution >= 4 is 34.8 Å². The zero-order valence-corrected chi connectivity index (χ0v) is 14.3. The summed E-state index contributed by atoms with van der Waals surface area (Å²) in [7, 11) is 0. The number of carbonyl (C=O) groups excluding carboxylic acids is 1. The minimum Gasteiger partial charge on any atom is -0.485 e. The fourth-order valence-corrected chi connectivity index (χ4v) is 2.62. The first-order chi connectivity index (χ1) is 11.5. The molecule has 1 heterocycles. The van der Waals surface area contributed by atoms with Gasteiger partial charge in [-0.05, 0) is 37.3 Å². The average molecular weight is 365 g/mol. The third-order valence-electron chi connectivity index (χ3n) is 3.45. The third kappa shape index (κ3) is 3.63. The molecule has 0 aliphatic carbocycles. The zero-order valence-electron chi connectivity index (χ0n) is 12.8. The molecule has 1 amide bonds. The largest absolute Gasteiger partial charge is 0.485 e. The number of rotatable bonds is 3. The molecule has 124 valence electrons. The molecule has 0 saturated heterocycles. The van der Waals surface area contributed by atoms with Gasteiger partial charge in [-0.2, -0.15) is 5.10 Å². The van der Waals surface area contributed by atoms with Gasteiger partial charge in [0.15, 0.2) is 11.5 Å². The molecule has 0 bridgehead atoms. The maximum atomic E-state index is 12.2. The van der Waals surface area contributed by atoms with Crippen molar-refractivity contribution in [2.24, 2.45) is 5.10 Å². The van der Waals surface area contributed by atoms with Crippen molar-refractivity contribution < 1.29 is 14.3 Å². The van der Waals surface area contributed by atoms with Gasteiger partial charge in [-0.15, -0.1) is 0 Å². The first-order valence-electron chi connectivity index (χ1n) is 7.22. The van der Waals surface area contributed by atoms with Crippen LogP contribution < -0.4 is 14.9 Å². The van der Waals surface area contributed by atoms with Crippen LogP contribution in [0.2, 0.25) is 10.0 Å². The van der Waals surface area contributed by atoms with E-state index in [0.29, 0.717) is 32.8 Å². The Kier molecular flexibility index (Phi) is 4.92. The van der Waals surface area contributed by atoms with Crippen LogP contribution in [0.3, 0.4) is 0 Å². The van der Waals surface area contributed by atoms with E-state index >= 15 is 0 Å². The van der Waals surface area contributed by atoms with Crippen molar-refractivity contribution in [1.82, 2.24) is 5.43 Å². The molecule has 2 aromatic rings. The SMILES string of the molecule is C/C(=N\NC(=O)C1COc2ccccc2O1)c1cc(Cl)ccc1Cl. The lowest BCUT2D eigenvalue weighted by Crippen LogP contribution is -2.42. The standard InChI is InChI=1S/C17H14Cl2N2O3/c1-10(12-8-11(18)6-7-13(12)19)20-21-17(22)16-9-23-14-4-2-3-5-15(14)24-16/h2-8,16H,9H2,1H3,(H,21,22)/b20-10+. The van der Waals surface area contributed by atoms with Gasteiger partial charge in [-0.1, -0.05) is 35.3 Å². The second-order valence-electron chi connectivity index (χ2n) is 5.16. The molecule has 5 nitrogen and oxygen atoms in total. The lowest BCUT2D eigenvalue weighted by Gasteiger charge is -2.24. The summed E-state index contributed by atoms with van der Waals surface area (Å²) in [6.07, 6.45) is -0.772. The minimum absolute atomic E-state index is 0.120. The van der Waals surface area contributed by atoms with E-state index in [-0.39, 0.29) is 6.61 Å². The van der Waals surface area contributed by atoms with Gasteiger partial charge in [0.1, 0.15) is 6.61 Å². The molecule has 1 aliphatic rings.